The van der Waals surface area contributed by atoms with Gasteiger partial charge in [-0.2, -0.15) is 4.98 Å². The average molecular weight is 387 g/mol. The number of hydrogen-bond acceptors (Lipinski definition) is 8. The van der Waals surface area contributed by atoms with Crippen LogP contribution in [-0.2, 0) is 10.2 Å². The summed E-state index contributed by atoms with van der Waals surface area (Å²) in [6.07, 6.45) is 0. The van der Waals surface area contributed by atoms with Gasteiger partial charge in [-0.1, -0.05) is 62.0 Å². The summed E-state index contributed by atoms with van der Waals surface area (Å²) in [5.41, 5.74) is 2.15. The maximum atomic E-state index is 12.0. The van der Waals surface area contributed by atoms with Crippen LogP contribution in [-0.4, -0.2) is 36.7 Å². The van der Waals surface area contributed by atoms with Crippen LogP contribution in [0.25, 0.3) is 11.4 Å². The summed E-state index contributed by atoms with van der Waals surface area (Å²) in [5, 5.41) is 14.8. The maximum Gasteiger partial charge on any atom is 0.328 e. The third-order valence-electron chi connectivity index (χ3n) is 3.78. The van der Waals surface area contributed by atoms with E-state index in [-0.39, 0.29) is 23.1 Å². The van der Waals surface area contributed by atoms with E-state index in [1.807, 2.05) is 12.1 Å². The summed E-state index contributed by atoms with van der Waals surface area (Å²) >= 11 is 1.17. The summed E-state index contributed by atoms with van der Waals surface area (Å²) in [5.74, 6) is 6.86. The first-order valence-electron chi connectivity index (χ1n) is 8.28. The molecule has 10 heteroatoms. The van der Waals surface area contributed by atoms with Crippen molar-refractivity contribution in [1.82, 2.24) is 25.0 Å². The van der Waals surface area contributed by atoms with Crippen molar-refractivity contribution >= 4 is 23.7 Å². The van der Waals surface area contributed by atoms with E-state index < -0.39 is 0 Å². The lowest BCUT2D eigenvalue weighted by Gasteiger charge is -2.19. The average Bonchev–Trinajstić information content (AvgIpc) is 3.18. The van der Waals surface area contributed by atoms with Crippen LogP contribution in [0.3, 0.4) is 0 Å². The fourth-order valence-corrected chi connectivity index (χ4v) is 2.98. The zero-order valence-electron chi connectivity index (χ0n) is 15.6. The molecule has 142 valence electrons. The second kappa shape index (κ2) is 7.39. The number of benzene rings is 1. The number of anilines is 1. The number of carbonyl (C=O) groups excluding carboxylic acids is 1. The van der Waals surface area contributed by atoms with Crippen molar-refractivity contribution in [3.8, 4) is 11.4 Å². The van der Waals surface area contributed by atoms with Gasteiger partial charge in [-0.05, 0) is 17.9 Å². The van der Waals surface area contributed by atoms with E-state index in [0.29, 0.717) is 16.8 Å². The van der Waals surface area contributed by atoms with E-state index in [2.05, 4.69) is 58.6 Å². The number of thioether (sulfide) groups is 1. The highest BCUT2D eigenvalue weighted by Gasteiger charge is 2.17. The molecule has 0 saturated heterocycles. The van der Waals surface area contributed by atoms with Crippen molar-refractivity contribution in [1.29, 1.82) is 0 Å². The highest BCUT2D eigenvalue weighted by atomic mass is 32.2. The summed E-state index contributed by atoms with van der Waals surface area (Å²) in [4.78, 5) is 15.9. The van der Waals surface area contributed by atoms with E-state index in [9.17, 15) is 4.79 Å². The molecule has 0 aliphatic rings. The Hall–Kier alpha value is -2.88. The molecule has 1 amide bonds. The lowest BCUT2D eigenvalue weighted by Crippen LogP contribution is -2.16. The molecule has 27 heavy (non-hydrogen) atoms. The fourth-order valence-electron chi connectivity index (χ4n) is 2.32. The molecule has 0 saturated carbocycles. The molecule has 3 aromatic rings. The Bertz CT molecular complexity index is 941. The minimum absolute atomic E-state index is 0.0620. The number of nitrogens with zero attached hydrogens (tertiary/aromatic N) is 5. The molecule has 0 bridgehead atoms. The number of nitrogen functional groups attached to an aromatic ring is 1. The molecule has 0 spiro atoms. The number of amides is 1. The lowest BCUT2D eigenvalue weighted by molar-refractivity contribution is -0.114. The van der Waals surface area contributed by atoms with Crippen LogP contribution in [0.2, 0.25) is 0 Å². The third kappa shape index (κ3) is 4.45. The topological polar surface area (TPSA) is 125 Å². The molecule has 2 aromatic heterocycles. The number of hydrogen-bond donors (Lipinski definition) is 2. The highest BCUT2D eigenvalue weighted by Crippen LogP contribution is 2.26. The van der Waals surface area contributed by atoms with Crippen molar-refractivity contribution in [3.05, 3.63) is 35.7 Å². The number of rotatable bonds is 5. The molecule has 0 radical (unpaired) electrons. The van der Waals surface area contributed by atoms with Crippen molar-refractivity contribution in [2.45, 2.75) is 38.3 Å². The van der Waals surface area contributed by atoms with Gasteiger partial charge in [-0.3, -0.25) is 10.1 Å². The van der Waals surface area contributed by atoms with Gasteiger partial charge in [0, 0.05) is 5.56 Å². The van der Waals surface area contributed by atoms with Crippen LogP contribution in [0.1, 0.15) is 32.2 Å². The smallest absolute Gasteiger partial charge is 0.328 e. The molecular weight excluding hydrogens is 366 g/mol. The summed E-state index contributed by atoms with van der Waals surface area (Å²) in [7, 11) is 0. The predicted octanol–water partition coefficient (Wildman–Crippen LogP) is 2.38. The van der Waals surface area contributed by atoms with E-state index in [0.717, 1.165) is 5.56 Å². The van der Waals surface area contributed by atoms with Gasteiger partial charge in [0.25, 0.3) is 0 Å². The lowest BCUT2D eigenvalue weighted by atomic mass is 9.87. The molecule has 0 atom stereocenters. The van der Waals surface area contributed by atoms with Gasteiger partial charge in [0.05, 0.1) is 5.75 Å². The molecular formula is C17H21N7O2S. The first kappa shape index (κ1) is 18.9. The Morgan fingerprint density at radius 1 is 1.26 bits per heavy atom. The molecule has 2 heterocycles. The van der Waals surface area contributed by atoms with Crippen molar-refractivity contribution < 1.29 is 9.32 Å². The van der Waals surface area contributed by atoms with Crippen LogP contribution in [0.15, 0.2) is 33.9 Å². The van der Waals surface area contributed by atoms with E-state index in [1.54, 1.807) is 6.92 Å². The fraction of sp³-hybridized carbons (Fsp3) is 0.353. The van der Waals surface area contributed by atoms with Crippen molar-refractivity contribution in [2.75, 3.05) is 16.9 Å². The molecule has 0 fully saturated rings. The Balaban J connectivity index is 1.65. The van der Waals surface area contributed by atoms with Gasteiger partial charge in [-0.25, -0.2) is 4.68 Å². The van der Waals surface area contributed by atoms with Gasteiger partial charge in [0.1, 0.15) is 0 Å². The second-order valence-corrected chi connectivity index (χ2v) is 7.93. The number of aromatic nitrogens is 5. The monoisotopic (exact) mass is 387 g/mol. The Morgan fingerprint density at radius 2 is 1.96 bits per heavy atom. The number of nitrogens with two attached hydrogens (primary N) is 1. The molecule has 3 rings (SSSR count). The Morgan fingerprint density at radius 3 is 2.56 bits per heavy atom. The molecule has 0 aliphatic heterocycles. The van der Waals surface area contributed by atoms with E-state index in [4.69, 9.17) is 10.4 Å². The molecule has 9 nitrogen and oxygen atoms in total. The maximum absolute atomic E-state index is 12.0. The largest absolute Gasteiger partial charge is 0.335 e. The second-order valence-electron chi connectivity index (χ2n) is 6.99. The van der Waals surface area contributed by atoms with E-state index >= 15 is 0 Å². The van der Waals surface area contributed by atoms with Gasteiger partial charge in [0.15, 0.2) is 11.6 Å². The van der Waals surface area contributed by atoms with Crippen LogP contribution < -0.4 is 11.2 Å². The van der Waals surface area contributed by atoms with Crippen LogP contribution in [0.4, 0.5) is 6.01 Å². The normalized spacial score (nSPS) is 11.6. The Kier molecular flexibility index (Phi) is 5.17. The quantitative estimate of drug-likeness (QED) is 0.505. The van der Waals surface area contributed by atoms with Gasteiger partial charge in [0.2, 0.25) is 11.1 Å². The third-order valence-corrected chi connectivity index (χ3v) is 4.72. The Labute approximate surface area is 160 Å². The SMILES string of the molecule is Cc1noc(NC(=O)CSc2nnc(-c3ccc(C(C)(C)C)cc3)n2N)n1. The van der Waals surface area contributed by atoms with Crippen molar-refractivity contribution in [3.63, 3.8) is 0 Å². The van der Waals surface area contributed by atoms with Crippen molar-refractivity contribution in [2.24, 2.45) is 0 Å². The molecule has 3 N–H and O–H groups in total. The summed E-state index contributed by atoms with van der Waals surface area (Å²) < 4.78 is 6.22. The van der Waals surface area contributed by atoms with Crippen LogP contribution >= 0.6 is 11.8 Å². The van der Waals surface area contributed by atoms with Gasteiger partial charge in [-0.15, -0.1) is 10.2 Å². The summed E-state index contributed by atoms with van der Waals surface area (Å²) in [6.45, 7) is 8.13. The predicted molar refractivity (Wildman–Crippen MR) is 103 cm³/mol. The minimum Gasteiger partial charge on any atom is -0.335 e. The van der Waals surface area contributed by atoms with Gasteiger partial charge >= 0.3 is 6.01 Å². The standard InChI is InChI=1S/C17H21N7O2S/c1-10-19-15(26-23-10)20-13(25)9-27-16-22-21-14(24(16)18)11-5-7-12(8-6-11)17(2,3)4/h5-8H,9,18H2,1-4H3,(H,19,20,23,25). The highest BCUT2D eigenvalue weighted by molar-refractivity contribution is 7.99. The molecule has 1 aromatic carbocycles. The zero-order chi connectivity index (χ0) is 19.6. The molecule has 0 unspecified atom stereocenters. The van der Waals surface area contributed by atoms with E-state index in [1.165, 1.54) is 22.0 Å². The molecule has 0 aliphatic carbocycles. The first-order chi connectivity index (χ1) is 12.7. The minimum atomic E-state index is -0.303. The van der Waals surface area contributed by atoms with Crippen LogP contribution in [0.5, 0.6) is 0 Å². The number of carbonyl (C=O) groups is 1. The van der Waals surface area contributed by atoms with Crippen LogP contribution in [0, 0.1) is 6.92 Å². The first-order valence-corrected chi connectivity index (χ1v) is 9.27. The van der Waals surface area contributed by atoms with Gasteiger partial charge < -0.3 is 10.4 Å². The number of aryl methyl sites for hydroxylation is 1. The number of nitrogens with one attached hydrogen (secondary N) is 1. The zero-order valence-corrected chi connectivity index (χ0v) is 16.4. The summed E-state index contributed by atoms with van der Waals surface area (Å²) in [6, 6.07) is 8.10.